The van der Waals surface area contributed by atoms with Crippen molar-refractivity contribution >= 4 is 17.6 Å². The van der Waals surface area contributed by atoms with E-state index in [0.717, 1.165) is 0 Å². The minimum absolute atomic E-state index is 0.0765. The lowest BCUT2D eigenvalue weighted by molar-refractivity contribution is -0.126. The summed E-state index contributed by atoms with van der Waals surface area (Å²) in [6, 6.07) is -0.794. The molecule has 0 aliphatic carbocycles. The molecule has 18 heavy (non-hydrogen) atoms. The van der Waals surface area contributed by atoms with Crippen molar-refractivity contribution in [2.24, 2.45) is 0 Å². The standard InChI is InChI=1S/C12H21N3O3/c1-3-10(16)9(13-4-2)7-14-12(18)8-5-6-11(17)15-8/h8-9,13H,3-7H2,1-2H3,(H,14,18)(H,15,17)/t8?,9-/m0/s1. The van der Waals surface area contributed by atoms with E-state index in [4.69, 9.17) is 0 Å². The number of ketones is 1. The van der Waals surface area contributed by atoms with Crippen LogP contribution in [0.5, 0.6) is 0 Å². The Bertz CT molecular complexity index is 331. The van der Waals surface area contributed by atoms with Crippen molar-refractivity contribution < 1.29 is 14.4 Å². The second-order valence-corrected chi connectivity index (χ2v) is 4.33. The van der Waals surface area contributed by atoms with Gasteiger partial charge in [-0.3, -0.25) is 14.4 Å². The van der Waals surface area contributed by atoms with Crippen LogP contribution in [0.3, 0.4) is 0 Å². The highest BCUT2D eigenvalue weighted by Crippen LogP contribution is 2.06. The zero-order valence-electron chi connectivity index (χ0n) is 10.9. The van der Waals surface area contributed by atoms with E-state index in [2.05, 4.69) is 16.0 Å². The molecule has 0 aromatic heterocycles. The monoisotopic (exact) mass is 255 g/mol. The van der Waals surface area contributed by atoms with Crippen molar-refractivity contribution in [3.05, 3.63) is 0 Å². The van der Waals surface area contributed by atoms with Crippen LogP contribution in [0.1, 0.15) is 33.1 Å². The number of carbonyl (C=O) groups is 3. The topological polar surface area (TPSA) is 87.3 Å². The van der Waals surface area contributed by atoms with Crippen molar-refractivity contribution in [1.82, 2.24) is 16.0 Å². The van der Waals surface area contributed by atoms with Gasteiger partial charge in [0.05, 0.1) is 6.04 Å². The molecule has 1 fully saturated rings. The molecule has 0 aromatic rings. The van der Waals surface area contributed by atoms with Crippen molar-refractivity contribution in [2.75, 3.05) is 13.1 Å². The van der Waals surface area contributed by atoms with E-state index in [-0.39, 0.29) is 30.2 Å². The fraction of sp³-hybridized carbons (Fsp3) is 0.750. The van der Waals surface area contributed by atoms with Crippen molar-refractivity contribution in [3.8, 4) is 0 Å². The van der Waals surface area contributed by atoms with Gasteiger partial charge in [-0.05, 0) is 13.0 Å². The molecule has 1 aliphatic heterocycles. The third kappa shape index (κ3) is 4.10. The van der Waals surface area contributed by atoms with Crippen molar-refractivity contribution in [2.45, 2.75) is 45.2 Å². The molecule has 6 heteroatoms. The number of amides is 2. The van der Waals surface area contributed by atoms with Crippen molar-refractivity contribution in [3.63, 3.8) is 0 Å². The second-order valence-electron chi connectivity index (χ2n) is 4.33. The van der Waals surface area contributed by atoms with Gasteiger partial charge in [0.15, 0.2) is 5.78 Å². The Balaban J connectivity index is 2.39. The third-order valence-corrected chi connectivity index (χ3v) is 2.98. The fourth-order valence-corrected chi connectivity index (χ4v) is 1.93. The smallest absolute Gasteiger partial charge is 0.242 e. The summed E-state index contributed by atoms with van der Waals surface area (Å²) < 4.78 is 0. The van der Waals surface area contributed by atoms with Gasteiger partial charge in [-0.2, -0.15) is 0 Å². The van der Waals surface area contributed by atoms with E-state index in [0.29, 0.717) is 25.8 Å². The van der Waals surface area contributed by atoms with Crippen LogP contribution < -0.4 is 16.0 Å². The number of hydrogen-bond donors (Lipinski definition) is 3. The molecule has 1 aliphatic rings. The third-order valence-electron chi connectivity index (χ3n) is 2.98. The van der Waals surface area contributed by atoms with Gasteiger partial charge in [0.1, 0.15) is 6.04 Å². The van der Waals surface area contributed by atoms with Gasteiger partial charge >= 0.3 is 0 Å². The molecule has 102 valence electrons. The van der Waals surface area contributed by atoms with Crippen LogP contribution in [-0.2, 0) is 14.4 Å². The molecule has 6 nitrogen and oxygen atoms in total. The normalized spacial score (nSPS) is 20.3. The Hall–Kier alpha value is -1.43. The minimum Gasteiger partial charge on any atom is -0.352 e. The second kappa shape index (κ2) is 7.10. The van der Waals surface area contributed by atoms with Crippen LogP contribution in [0.4, 0.5) is 0 Å². The van der Waals surface area contributed by atoms with E-state index in [1.54, 1.807) is 6.92 Å². The van der Waals surface area contributed by atoms with E-state index >= 15 is 0 Å². The van der Waals surface area contributed by atoms with Crippen molar-refractivity contribution in [1.29, 1.82) is 0 Å². The van der Waals surface area contributed by atoms with Crippen LogP contribution in [0, 0.1) is 0 Å². The highest BCUT2D eigenvalue weighted by Gasteiger charge is 2.27. The first-order chi connectivity index (χ1) is 8.58. The molecule has 1 rings (SSSR count). The number of hydrogen-bond acceptors (Lipinski definition) is 4. The first-order valence-electron chi connectivity index (χ1n) is 6.41. The van der Waals surface area contributed by atoms with E-state index < -0.39 is 6.04 Å². The van der Waals surface area contributed by atoms with Gasteiger partial charge in [-0.15, -0.1) is 0 Å². The SMILES string of the molecule is CCN[C@@H](CNC(=O)C1CCC(=O)N1)C(=O)CC. The molecule has 1 saturated heterocycles. The Labute approximate surface area is 107 Å². The highest BCUT2D eigenvalue weighted by atomic mass is 16.2. The summed E-state index contributed by atoms with van der Waals surface area (Å²) >= 11 is 0. The molecule has 0 spiro atoms. The predicted octanol–water partition coefficient (Wildman–Crippen LogP) is -0.662. The molecule has 0 aromatic carbocycles. The number of rotatable bonds is 7. The molecular formula is C12H21N3O3. The lowest BCUT2D eigenvalue weighted by atomic mass is 10.1. The molecule has 2 amide bonds. The Kier molecular flexibility index (Phi) is 5.77. The molecule has 1 heterocycles. The number of nitrogens with one attached hydrogen (secondary N) is 3. The summed E-state index contributed by atoms with van der Waals surface area (Å²) in [6.45, 7) is 4.65. The van der Waals surface area contributed by atoms with Crippen LogP contribution in [0.15, 0.2) is 0 Å². The first kappa shape index (κ1) is 14.6. The van der Waals surface area contributed by atoms with E-state index in [9.17, 15) is 14.4 Å². The molecule has 2 atom stereocenters. The summed E-state index contributed by atoms with van der Waals surface area (Å²) in [4.78, 5) is 34.3. The van der Waals surface area contributed by atoms with Gasteiger partial charge in [0, 0.05) is 19.4 Å². The quantitative estimate of drug-likeness (QED) is 0.563. The van der Waals surface area contributed by atoms with Crippen LogP contribution in [0.2, 0.25) is 0 Å². The summed E-state index contributed by atoms with van der Waals surface area (Å²) in [7, 11) is 0. The average molecular weight is 255 g/mol. The van der Waals surface area contributed by atoms with Crippen LogP contribution in [-0.4, -0.2) is 42.8 Å². The largest absolute Gasteiger partial charge is 0.352 e. The Morgan fingerprint density at radius 1 is 1.44 bits per heavy atom. The highest BCUT2D eigenvalue weighted by molar-refractivity contribution is 5.91. The lowest BCUT2D eigenvalue weighted by Gasteiger charge is -2.18. The fourth-order valence-electron chi connectivity index (χ4n) is 1.93. The Morgan fingerprint density at radius 2 is 2.17 bits per heavy atom. The lowest BCUT2D eigenvalue weighted by Crippen LogP contribution is -2.49. The van der Waals surface area contributed by atoms with E-state index in [1.165, 1.54) is 0 Å². The summed E-state index contributed by atoms with van der Waals surface area (Å²) in [5.41, 5.74) is 0. The van der Waals surface area contributed by atoms with Gasteiger partial charge in [0.25, 0.3) is 0 Å². The number of likely N-dealkylation sites (N-methyl/N-ethyl adjacent to an activating group) is 1. The molecule has 3 N–H and O–H groups in total. The van der Waals surface area contributed by atoms with Gasteiger partial charge < -0.3 is 16.0 Å². The van der Waals surface area contributed by atoms with Gasteiger partial charge in [0.2, 0.25) is 11.8 Å². The summed E-state index contributed by atoms with van der Waals surface area (Å²) in [6.07, 6.45) is 1.36. The molecule has 1 unspecified atom stereocenters. The maximum atomic E-state index is 11.7. The first-order valence-corrected chi connectivity index (χ1v) is 6.41. The van der Waals surface area contributed by atoms with Crippen LogP contribution in [0.25, 0.3) is 0 Å². The average Bonchev–Trinajstić information content (AvgIpc) is 2.80. The minimum atomic E-state index is -0.448. The molecule has 0 bridgehead atoms. The predicted molar refractivity (Wildman–Crippen MR) is 66.9 cm³/mol. The molecular weight excluding hydrogens is 234 g/mol. The molecule has 0 radical (unpaired) electrons. The zero-order valence-corrected chi connectivity index (χ0v) is 10.9. The number of Topliss-reactive ketones (excluding diaryl/α,β-unsaturated/α-hetero) is 1. The summed E-state index contributed by atoms with van der Waals surface area (Å²) in [5.74, 6) is -0.233. The molecule has 0 saturated carbocycles. The van der Waals surface area contributed by atoms with E-state index in [1.807, 2.05) is 6.92 Å². The maximum Gasteiger partial charge on any atom is 0.242 e. The summed E-state index contributed by atoms with van der Waals surface area (Å²) in [5, 5.41) is 8.34. The van der Waals surface area contributed by atoms with Gasteiger partial charge in [-0.25, -0.2) is 0 Å². The maximum absolute atomic E-state index is 11.7. The van der Waals surface area contributed by atoms with Crippen LogP contribution >= 0.6 is 0 Å². The number of carbonyl (C=O) groups excluding carboxylic acids is 3. The zero-order chi connectivity index (χ0) is 13.5. The van der Waals surface area contributed by atoms with Gasteiger partial charge in [-0.1, -0.05) is 13.8 Å². The Morgan fingerprint density at radius 3 is 2.67 bits per heavy atom.